The minimum atomic E-state index is -2.73. The van der Waals surface area contributed by atoms with Crippen molar-refractivity contribution in [3.63, 3.8) is 0 Å². The first-order valence-corrected chi connectivity index (χ1v) is 12.3. The van der Waals surface area contributed by atoms with Gasteiger partial charge in [0.05, 0.1) is 6.61 Å². The van der Waals surface area contributed by atoms with Crippen LogP contribution in [0.4, 0.5) is 0 Å². The van der Waals surface area contributed by atoms with Gasteiger partial charge in [0, 0.05) is 7.11 Å². The number of ether oxygens (including phenoxy) is 2. The van der Waals surface area contributed by atoms with Crippen molar-refractivity contribution in [3.8, 4) is 0 Å². The molecule has 0 aromatic heterocycles. The lowest BCUT2D eigenvalue weighted by Gasteiger charge is -2.28. The topological polar surface area (TPSA) is 35.5 Å². The fraction of sp³-hybridized carbons (Fsp3) is 0.107. The number of methoxy groups -OCH3 is 1. The zero-order chi connectivity index (χ0) is 22.2. The molecule has 5 heteroatoms. The summed E-state index contributed by atoms with van der Waals surface area (Å²) in [5.41, 5.74) is 0.935. The average molecular weight is 477 g/mol. The third-order valence-corrected chi connectivity index (χ3v) is 9.51. The van der Waals surface area contributed by atoms with Gasteiger partial charge in [-0.25, -0.2) is 4.79 Å². The van der Waals surface area contributed by atoms with E-state index in [0.717, 1.165) is 21.5 Å². The quantitative estimate of drug-likeness (QED) is 0.272. The van der Waals surface area contributed by atoms with Crippen LogP contribution in [0.1, 0.15) is 5.56 Å². The summed E-state index contributed by atoms with van der Waals surface area (Å²) in [7, 11) is -1.20. The normalized spacial score (nSPS) is 11.9. The lowest BCUT2D eigenvalue weighted by atomic mass is 10.2. The van der Waals surface area contributed by atoms with E-state index in [4.69, 9.17) is 9.47 Å². The first kappa shape index (κ1) is 24.8. The zero-order valence-electron chi connectivity index (χ0n) is 18.4. The molecule has 0 spiro atoms. The molecule has 4 aromatic rings. The highest BCUT2D eigenvalue weighted by Gasteiger charge is 2.56. The molecule has 0 heterocycles. The van der Waals surface area contributed by atoms with E-state index < -0.39 is 13.6 Å². The molecule has 0 saturated carbocycles. The van der Waals surface area contributed by atoms with Gasteiger partial charge in [0.2, 0.25) is 0 Å². The second-order valence-corrected chi connectivity index (χ2v) is 10.7. The monoisotopic (exact) mass is 476 g/mol. The predicted molar refractivity (Wildman–Crippen MR) is 132 cm³/mol. The fourth-order valence-electron chi connectivity index (χ4n) is 3.93. The average Bonchev–Trinajstić information content (AvgIpc) is 2.87. The molecule has 0 N–H and O–H groups in total. The summed E-state index contributed by atoms with van der Waals surface area (Å²) in [5.74, 6) is 0. The predicted octanol–water partition coefficient (Wildman–Crippen LogP) is 1.70. The smallest absolute Gasteiger partial charge is 0.338 e. The molecule has 1 atom stereocenters. The Labute approximate surface area is 202 Å². The van der Waals surface area contributed by atoms with Crippen LogP contribution in [-0.2, 0) is 20.9 Å². The van der Waals surface area contributed by atoms with E-state index in [2.05, 4.69) is 0 Å². The van der Waals surface area contributed by atoms with Crippen LogP contribution in [0.3, 0.4) is 0 Å². The van der Waals surface area contributed by atoms with Crippen LogP contribution in [0, 0.1) is 0 Å². The molecule has 0 saturated heterocycles. The van der Waals surface area contributed by atoms with Gasteiger partial charge in [-0.1, -0.05) is 84.9 Å². The number of rotatable bonds is 9. The van der Waals surface area contributed by atoms with Crippen LogP contribution in [0.5, 0.6) is 0 Å². The number of carbonyl (C=O) groups is 1. The lowest BCUT2D eigenvalue weighted by Crippen LogP contribution is -3.00. The molecule has 3 nitrogen and oxygen atoms in total. The Morgan fingerprint density at radius 3 is 1.39 bits per heavy atom. The Kier molecular flexibility index (Phi) is 8.94. The summed E-state index contributed by atoms with van der Waals surface area (Å²) in [4.78, 5) is 14.4. The number of halogens is 1. The van der Waals surface area contributed by atoms with E-state index in [1.165, 1.54) is 7.11 Å². The van der Waals surface area contributed by atoms with E-state index in [1.807, 2.05) is 121 Å². The Hall–Kier alpha value is -2.81. The minimum absolute atomic E-state index is 0. The van der Waals surface area contributed by atoms with Gasteiger partial charge in [0.1, 0.15) is 15.9 Å². The summed E-state index contributed by atoms with van der Waals surface area (Å²) in [5, 5.41) is 2.94. The van der Waals surface area contributed by atoms with Crippen LogP contribution in [0.25, 0.3) is 0 Å². The van der Waals surface area contributed by atoms with Crippen LogP contribution >= 0.6 is 7.26 Å². The maximum Gasteiger partial charge on any atom is 0.338 e. The number of carbonyl (C=O) groups excluding carboxylic acids is 1. The molecule has 0 radical (unpaired) electrons. The third-order valence-electron chi connectivity index (χ3n) is 5.42. The highest BCUT2D eigenvalue weighted by atomic mass is 35.5. The maximum atomic E-state index is 14.4. The maximum absolute atomic E-state index is 14.4. The summed E-state index contributed by atoms with van der Waals surface area (Å²) in [6.45, 7) is 0.295. The van der Waals surface area contributed by atoms with E-state index in [1.54, 1.807) is 0 Å². The summed E-state index contributed by atoms with van der Waals surface area (Å²) < 4.78 is 11.7. The summed E-state index contributed by atoms with van der Waals surface area (Å²) in [6, 6.07) is 39.9. The lowest BCUT2D eigenvalue weighted by molar-refractivity contribution is -0.157. The van der Waals surface area contributed by atoms with E-state index in [9.17, 15) is 4.79 Å². The Morgan fingerprint density at radius 1 is 0.667 bits per heavy atom. The Bertz CT molecular complexity index is 1030. The summed E-state index contributed by atoms with van der Waals surface area (Å²) >= 11 is 0. The van der Waals surface area contributed by atoms with Gasteiger partial charge < -0.3 is 21.9 Å². The van der Waals surface area contributed by atoms with Crippen molar-refractivity contribution in [2.45, 2.75) is 12.9 Å². The zero-order valence-corrected chi connectivity index (χ0v) is 20.0. The van der Waals surface area contributed by atoms with Gasteiger partial charge >= 0.3 is 5.52 Å². The van der Waals surface area contributed by atoms with Crippen molar-refractivity contribution in [1.82, 2.24) is 0 Å². The van der Waals surface area contributed by atoms with Crippen LogP contribution in [-0.4, -0.2) is 18.9 Å². The minimum Gasteiger partial charge on any atom is -1.00 e. The number of hydrogen-bond acceptors (Lipinski definition) is 3. The molecule has 0 aliphatic heterocycles. The van der Waals surface area contributed by atoms with Crippen molar-refractivity contribution in [2.75, 3.05) is 7.11 Å². The molecule has 0 aliphatic carbocycles. The molecule has 4 aromatic carbocycles. The molecular formula is C28H26ClO3P. The van der Waals surface area contributed by atoms with Crippen LogP contribution in [0.2, 0.25) is 0 Å². The first-order valence-electron chi connectivity index (χ1n) is 10.6. The van der Waals surface area contributed by atoms with E-state index in [0.29, 0.717) is 6.61 Å². The first-order chi connectivity index (χ1) is 15.8. The molecule has 168 valence electrons. The van der Waals surface area contributed by atoms with Crippen molar-refractivity contribution >= 4 is 28.7 Å². The van der Waals surface area contributed by atoms with Gasteiger partial charge in [-0.2, -0.15) is 0 Å². The van der Waals surface area contributed by atoms with Gasteiger partial charge in [-0.3, -0.25) is 0 Å². The van der Waals surface area contributed by atoms with Crippen molar-refractivity contribution in [3.05, 3.63) is 127 Å². The molecule has 0 amide bonds. The van der Waals surface area contributed by atoms with Crippen molar-refractivity contribution in [1.29, 1.82) is 0 Å². The van der Waals surface area contributed by atoms with Gasteiger partial charge in [0.25, 0.3) is 6.29 Å². The molecule has 4 rings (SSSR count). The second-order valence-electron chi connectivity index (χ2n) is 7.38. The fourth-order valence-corrected chi connectivity index (χ4v) is 7.94. The Morgan fingerprint density at radius 2 is 1.03 bits per heavy atom. The molecule has 0 aliphatic rings. The number of hydrogen-bond donors (Lipinski definition) is 0. The molecule has 33 heavy (non-hydrogen) atoms. The largest absolute Gasteiger partial charge is 1.00 e. The second kappa shape index (κ2) is 11.9. The molecule has 0 bridgehead atoms. The highest BCUT2D eigenvalue weighted by Crippen LogP contribution is 2.57. The molecule has 0 fully saturated rings. The highest BCUT2D eigenvalue weighted by molar-refractivity contribution is 8.08. The van der Waals surface area contributed by atoms with Crippen LogP contribution < -0.4 is 28.3 Å². The molecule has 1 unspecified atom stereocenters. The van der Waals surface area contributed by atoms with Crippen LogP contribution in [0.15, 0.2) is 121 Å². The Balaban J connectivity index is 0.00000306. The van der Waals surface area contributed by atoms with Gasteiger partial charge in [-0.05, 0) is 42.0 Å². The van der Waals surface area contributed by atoms with Gasteiger partial charge in [-0.15, -0.1) is 0 Å². The van der Waals surface area contributed by atoms with Gasteiger partial charge in [0.15, 0.2) is 7.26 Å². The molecular weight excluding hydrogens is 451 g/mol. The SMILES string of the molecule is COC(OCc1ccccc1)C(=O)[P+](c1ccccc1)(c1ccccc1)c1ccccc1.[Cl-]. The third kappa shape index (κ3) is 5.24. The van der Waals surface area contributed by atoms with E-state index in [-0.39, 0.29) is 17.9 Å². The standard InChI is InChI=1S/C28H26O3P.ClH/c1-30-28(31-22-23-14-6-2-7-15-23)27(29)32(24-16-8-3-9-17-24,25-18-10-4-11-19-25)26-20-12-5-13-21-26;/h2-21,28H,22H2,1H3;1H/q+1;/p-1. The van der Waals surface area contributed by atoms with Crippen molar-refractivity contribution in [2.24, 2.45) is 0 Å². The van der Waals surface area contributed by atoms with E-state index >= 15 is 0 Å². The summed E-state index contributed by atoms with van der Waals surface area (Å²) in [6.07, 6.45) is -0.996. The number of benzene rings is 4. The van der Waals surface area contributed by atoms with Crippen molar-refractivity contribution < 1.29 is 26.7 Å².